The number of piperidine rings is 1. The highest BCUT2D eigenvalue weighted by atomic mass is 35.5. The van der Waals surface area contributed by atoms with E-state index in [0.29, 0.717) is 28.5 Å². The van der Waals surface area contributed by atoms with Gasteiger partial charge in [0, 0.05) is 35.1 Å². The van der Waals surface area contributed by atoms with E-state index in [2.05, 4.69) is 22.8 Å². The molecule has 1 aromatic carbocycles. The molecule has 3 aromatic rings. The Morgan fingerprint density at radius 3 is 2.78 bits per heavy atom. The average Bonchev–Trinajstić information content (AvgIpc) is 3.46. The first-order valence-corrected chi connectivity index (χ1v) is 13.5. The van der Waals surface area contributed by atoms with Gasteiger partial charge in [0.25, 0.3) is 0 Å². The van der Waals surface area contributed by atoms with Crippen LogP contribution in [0.4, 0.5) is 5.82 Å². The highest BCUT2D eigenvalue weighted by molar-refractivity contribution is 6.35. The predicted octanol–water partition coefficient (Wildman–Crippen LogP) is 5.40. The second-order valence-corrected chi connectivity index (χ2v) is 11.2. The summed E-state index contributed by atoms with van der Waals surface area (Å²) in [5, 5.41) is 15.3. The molecular weight excluding hydrogens is 499 g/mol. The van der Waals surface area contributed by atoms with Gasteiger partial charge in [-0.15, -0.1) is 0 Å². The monoisotopic (exact) mass is 528 g/mol. The van der Waals surface area contributed by atoms with E-state index in [9.17, 15) is 9.90 Å². The average molecular weight is 529 g/mol. The highest BCUT2D eigenvalue weighted by Gasteiger charge is 2.39. The summed E-state index contributed by atoms with van der Waals surface area (Å²) < 4.78 is 1.92. The molecule has 0 saturated carbocycles. The Bertz CT molecular complexity index is 1340. The van der Waals surface area contributed by atoms with E-state index in [1.165, 1.54) is 0 Å². The standard InChI is InChI=1S/C26H30Cl2N6O2/c1-14-25-26-30-23(13-29-25)33-9-7-17(32-8-3-4-16(32)5-6-24(35)36)10-22(33)19-11-18(15(2)34(26)31-14)20(27)12-21(19)28/h11-13,15-17,22H,3-10H2,1-2H3,(H,35,36)/t15-,16+,17?,22-/m1/s1. The van der Waals surface area contributed by atoms with Crippen LogP contribution in [0.3, 0.4) is 0 Å². The molecule has 36 heavy (non-hydrogen) atoms. The molecule has 0 radical (unpaired) electrons. The van der Waals surface area contributed by atoms with Gasteiger partial charge in [0.1, 0.15) is 11.3 Å². The van der Waals surface area contributed by atoms with E-state index in [-0.39, 0.29) is 18.5 Å². The number of aliphatic carboxylic acids is 1. The molecule has 5 heterocycles. The normalized spacial score (nSPS) is 25.9. The number of fused-ring (bicyclic) bond motifs is 6. The summed E-state index contributed by atoms with van der Waals surface area (Å²) in [5.74, 6) is 0.111. The molecule has 0 spiro atoms. The Morgan fingerprint density at radius 2 is 1.97 bits per heavy atom. The van der Waals surface area contributed by atoms with Crippen molar-refractivity contribution in [2.75, 3.05) is 18.0 Å². The number of benzene rings is 1. The van der Waals surface area contributed by atoms with Gasteiger partial charge in [-0.3, -0.25) is 9.69 Å². The number of carboxylic acids is 1. The molecule has 0 aliphatic carbocycles. The van der Waals surface area contributed by atoms with Crippen molar-refractivity contribution in [3.63, 3.8) is 0 Å². The van der Waals surface area contributed by atoms with E-state index in [1.807, 2.05) is 23.9 Å². The molecule has 4 atom stereocenters. The second-order valence-electron chi connectivity index (χ2n) is 10.4. The lowest BCUT2D eigenvalue weighted by Gasteiger charge is -2.45. The molecule has 6 rings (SSSR count). The van der Waals surface area contributed by atoms with Gasteiger partial charge in [-0.05, 0) is 75.8 Å². The fourth-order valence-electron chi connectivity index (χ4n) is 6.50. The maximum absolute atomic E-state index is 11.2. The number of rotatable bonds is 4. The molecular formula is C26H30Cl2N6O2. The number of hydrogen-bond acceptors (Lipinski definition) is 6. The number of hydrogen-bond donors (Lipinski definition) is 1. The van der Waals surface area contributed by atoms with Crippen molar-refractivity contribution in [1.82, 2.24) is 24.6 Å². The fraction of sp³-hybridized carbons (Fsp3) is 0.538. The second kappa shape index (κ2) is 9.15. The maximum Gasteiger partial charge on any atom is 0.303 e. The van der Waals surface area contributed by atoms with Crippen molar-refractivity contribution in [2.24, 2.45) is 0 Å². The number of halogens is 2. The molecule has 0 amide bonds. The zero-order chi connectivity index (χ0) is 25.1. The van der Waals surface area contributed by atoms with Crippen LogP contribution in [0.25, 0.3) is 11.2 Å². The first kappa shape index (κ1) is 23.9. The lowest BCUT2D eigenvalue weighted by molar-refractivity contribution is -0.137. The minimum atomic E-state index is -0.720. The Kier molecular flexibility index (Phi) is 6.09. The zero-order valence-corrected chi connectivity index (χ0v) is 22.0. The van der Waals surface area contributed by atoms with Gasteiger partial charge in [0.15, 0.2) is 5.65 Å². The van der Waals surface area contributed by atoms with Gasteiger partial charge in [0.2, 0.25) is 0 Å². The minimum absolute atomic E-state index is 0.0162. The van der Waals surface area contributed by atoms with Crippen LogP contribution >= 0.6 is 23.2 Å². The smallest absolute Gasteiger partial charge is 0.303 e. The van der Waals surface area contributed by atoms with Gasteiger partial charge in [-0.1, -0.05) is 23.2 Å². The van der Waals surface area contributed by atoms with Crippen molar-refractivity contribution >= 4 is 46.2 Å². The van der Waals surface area contributed by atoms with Crippen LogP contribution in [0.1, 0.15) is 74.4 Å². The number of carboxylic acid groups (broad SMARTS) is 1. The third kappa shape index (κ3) is 3.94. The molecule has 10 heteroatoms. The highest BCUT2D eigenvalue weighted by Crippen LogP contribution is 2.44. The molecule has 3 aliphatic heterocycles. The van der Waals surface area contributed by atoms with Gasteiger partial charge in [-0.2, -0.15) is 5.10 Å². The zero-order valence-electron chi connectivity index (χ0n) is 20.5. The van der Waals surface area contributed by atoms with Crippen molar-refractivity contribution in [1.29, 1.82) is 0 Å². The van der Waals surface area contributed by atoms with Crippen LogP contribution in [-0.2, 0) is 4.79 Å². The van der Waals surface area contributed by atoms with E-state index in [0.717, 1.165) is 72.6 Å². The molecule has 8 nitrogen and oxygen atoms in total. The van der Waals surface area contributed by atoms with Crippen molar-refractivity contribution in [3.05, 3.63) is 45.2 Å². The number of aryl methyl sites for hydroxylation is 1. The van der Waals surface area contributed by atoms with E-state index in [4.69, 9.17) is 38.3 Å². The largest absolute Gasteiger partial charge is 0.481 e. The third-order valence-electron chi connectivity index (χ3n) is 8.30. The number of anilines is 1. The van der Waals surface area contributed by atoms with E-state index < -0.39 is 5.97 Å². The van der Waals surface area contributed by atoms with Gasteiger partial charge in [-0.25, -0.2) is 14.6 Å². The summed E-state index contributed by atoms with van der Waals surface area (Å²) in [6, 6.07) is 4.59. The third-order valence-corrected chi connectivity index (χ3v) is 8.96. The summed E-state index contributed by atoms with van der Waals surface area (Å²) in [5.41, 5.74) is 4.43. The Balaban J connectivity index is 1.43. The molecule has 1 N–H and O–H groups in total. The van der Waals surface area contributed by atoms with Gasteiger partial charge >= 0.3 is 5.97 Å². The first-order chi connectivity index (χ1) is 17.3. The topological polar surface area (TPSA) is 87.4 Å². The maximum atomic E-state index is 11.2. The number of likely N-dealkylation sites (tertiary alicyclic amines) is 1. The summed E-state index contributed by atoms with van der Waals surface area (Å²) in [6.45, 7) is 5.87. The molecule has 190 valence electrons. The molecule has 2 fully saturated rings. The van der Waals surface area contributed by atoms with Crippen LogP contribution in [0.15, 0.2) is 18.3 Å². The van der Waals surface area contributed by atoms with Crippen molar-refractivity contribution in [3.8, 4) is 0 Å². The van der Waals surface area contributed by atoms with Gasteiger partial charge < -0.3 is 10.0 Å². The molecule has 4 bridgehead atoms. The number of nitrogens with zero attached hydrogens (tertiary/aromatic N) is 6. The van der Waals surface area contributed by atoms with Crippen LogP contribution in [0, 0.1) is 6.92 Å². The lowest BCUT2D eigenvalue weighted by atomic mass is 9.88. The van der Waals surface area contributed by atoms with E-state index in [1.54, 1.807) is 0 Å². The first-order valence-electron chi connectivity index (χ1n) is 12.8. The molecule has 1 unspecified atom stereocenters. The van der Waals surface area contributed by atoms with E-state index >= 15 is 0 Å². The Morgan fingerprint density at radius 1 is 1.17 bits per heavy atom. The van der Waals surface area contributed by atoms with Crippen molar-refractivity contribution < 1.29 is 9.90 Å². The number of aromatic nitrogens is 4. The fourth-order valence-corrected chi connectivity index (χ4v) is 7.16. The lowest BCUT2D eigenvalue weighted by Crippen LogP contribution is -2.48. The predicted molar refractivity (Wildman–Crippen MR) is 140 cm³/mol. The van der Waals surface area contributed by atoms with Crippen LogP contribution in [0.5, 0.6) is 0 Å². The van der Waals surface area contributed by atoms with Gasteiger partial charge in [0.05, 0.1) is 24.0 Å². The Hall–Kier alpha value is -2.42. The van der Waals surface area contributed by atoms with Crippen LogP contribution in [-0.4, -0.2) is 60.9 Å². The molecule has 2 saturated heterocycles. The van der Waals surface area contributed by atoms with Crippen LogP contribution in [0.2, 0.25) is 10.0 Å². The minimum Gasteiger partial charge on any atom is -0.481 e. The Labute approximate surface area is 220 Å². The quantitative estimate of drug-likeness (QED) is 0.484. The van der Waals surface area contributed by atoms with Crippen molar-refractivity contribution in [2.45, 2.75) is 76.5 Å². The SMILES string of the molecule is Cc1nn2c3nc(cnc13)N1CCC(N3CCC[C@H]3CCC(=O)O)C[C@@H]1c1cc(c(Cl)cc1Cl)[C@H]2C. The van der Waals surface area contributed by atoms with Crippen LogP contribution < -0.4 is 4.90 Å². The summed E-state index contributed by atoms with van der Waals surface area (Å²) in [7, 11) is 0. The molecule has 3 aliphatic rings. The summed E-state index contributed by atoms with van der Waals surface area (Å²) >= 11 is 13.6. The summed E-state index contributed by atoms with van der Waals surface area (Å²) in [6.07, 6.45) is 6.82. The summed E-state index contributed by atoms with van der Waals surface area (Å²) in [4.78, 5) is 25.9. The molecule has 2 aromatic heterocycles. The number of carbonyl (C=O) groups is 1.